The number of halogens is 2. The van der Waals surface area contributed by atoms with Crippen molar-refractivity contribution in [1.82, 2.24) is 4.57 Å². The number of phenolic OH excluding ortho intramolecular Hbond substituents is 1. The summed E-state index contributed by atoms with van der Waals surface area (Å²) in [6.45, 7) is 3.54. The van der Waals surface area contributed by atoms with Crippen LogP contribution in [0.5, 0.6) is 11.5 Å². The van der Waals surface area contributed by atoms with E-state index in [0.717, 1.165) is 11.3 Å². The summed E-state index contributed by atoms with van der Waals surface area (Å²) < 4.78 is 26.3. The van der Waals surface area contributed by atoms with E-state index in [1.165, 1.54) is 35.9 Å². The molecular weight excluding hydrogens is 527 g/mol. The van der Waals surface area contributed by atoms with Gasteiger partial charge in [-0.1, -0.05) is 23.5 Å². The summed E-state index contributed by atoms with van der Waals surface area (Å²) >= 11 is 4.44. The van der Waals surface area contributed by atoms with Gasteiger partial charge in [0.15, 0.2) is 16.3 Å². The van der Waals surface area contributed by atoms with Crippen molar-refractivity contribution in [2.75, 3.05) is 13.7 Å². The predicted molar refractivity (Wildman–Crippen MR) is 129 cm³/mol. The first-order valence-electron chi connectivity index (χ1n) is 10.3. The first-order chi connectivity index (χ1) is 16.2. The number of thiazole rings is 1. The summed E-state index contributed by atoms with van der Waals surface area (Å²) in [5.41, 5.74) is 1.46. The van der Waals surface area contributed by atoms with Crippen LogP contribution in [-0.2, 0) is 9.53 Å². The van der Waals surface area contributed by atoms with Crippen molar-refractivity contribution in [3.8, 4) is 11.5 Å². The largest absolute Gasteiger partial charge is 0.503 e. The van der Waals surface area contributed by atoms with E-state index >= 15 is 0 Å². The van der Waals surface area contributed by atoms with Crippen molar-refractivity contribution < 1.29 is 23.8 Å². The van der Waals surface area contributed by atoms with Crippen LogP contribution in [0.15, 0.2) is 61.9 Å². The molecule has 0 radical (unpaired) electrons. The third kappa shape index (κ3) is 4.30. The Balaban J connectivity index is 1.95. The number of fused-ring (bicyclic) bond motifs is 1. The molecule has 0 spiro atoms. The lowest BCUT2D eigenvalue weighted by atomic mass is 9.96. The molecule has 0 unspecified atom stereocenters. The van der Waals surface area contributed by atoms with Crippen molar-refractivity contribution in [2.45, 2.75) is 19.9 Å². The van der Waals surface area contributed by atoms with Crippen LogP contribution in [0.3, 0.4) is 0 Å². The Morgan fingerprint density at radius 2 is 2.03 bits per heavy atom. The highest BCUT2D eigenvalue weighted by Crippen LogP contribution is 2.35. The Morgan fingerprint density at radius 1 is 1.32 bits per heavy atom. The van der Waals surface area contributed by atoms with E-state index in [9.17, 15) is 19.1 Å². The average Bonchev–Trinajstić information content (AvgIpc) is 3.10. The molecule has 2 aromatic carbocycles. The number of ether oxygens (including phenoxy) is 2. The molecule has 0 saturated heterocycles. The van der Waals surface area contributed by atoms with Crippen LogP contribution in [0.25, 0.3) is 6.08 Å². The predicted octanol–water partition coefficient (Wildman–Crippen LogP) is 3.41. The fraction of sp³-hybridized carbons (Fsp3) is 0.208. The molecule has 34 heavy (non-hydrogen) atoms. The Morgan fingerprint density at radius 3 is 2.68 bits per heavy atom. The topological polar surface area (TPSA) is 90.1 Å². The highest BCUT2D eigenvalue weighted by Gasteiger charge is 2.33. The fourth-order valence-corrected chi connectivity index (χ4v) is 5.24. The molecular formula is C24H20BrFN2O5S. The second-order valence-electron chi connectivity index (χ2n) is 7.41. The number of phenols is 1. The van der Waals surface area contributed by atoms with Crippen LogP contribution < -0.4 is 19.6 Å². The third-order valence-electron chi connectivity index (χ3n) is 5.27. The molecule has 1 aromatic heterocycles. The lowest BCUT2D eigenvalue weighted by Gasteiger charge is -2.24. The van der Waals surface area contributed by atoms with E-state index in [1.807, 2.05) is 0 Å². The van der Waals surface area contributed by atoms with Gasteiger partial charge in [0.2, 0.25) is 0 Å². The van der Waals surface area contributed by atoms with E-state index in [1.54, 1.807) is 32.1 Å². The van der Waals surface area contributed by atoms with Gasteiger partial charge in [-0.2, -0.15) is 0 Å². The Labute approximate surface area is 206 Å². The number of allylic oxidation sites excluding steroid dienone is 1. The maximum atomic E-state index is 13.6. The van der Waals surface area contributed by atoms with Crippen molar-refractivity contribution in [1.29, 1.82) is 0 Å². The monoisotopic (exact) mass is 546 g/mol. The lowest BCUT2D eigenvalue weighted by molar-refractivity contribution is -0.139. The average molecular weight is 547 g/mol. The van der Waals surface area contributed by atoms with Crippen molar-refractivity contribution in [3.05, 3.63) is 88.8 Å². The molecule has 7 nitrogen and oxygen atoms in total. The van der Waals surface area contributed by atoms with E-state index in [4.69, 9.17) is 9.47 Å². The molecule has 4 rings (SSSR count). The van der Waals surface area contributed by atoms with Gasteiger partial charge >= 0.3 is 5.97 Å². The number of rotatable bonds is 5. The number of hydrogen-bond acceptors (Lipinski definition) is 7. The Kier molecular flexibility index (Phi) is 6.72. The van der Waals surface area contributed by atoms with E-state index < -0.39 is 17.8 Å². The number of nitrogens with zero attached hydrogens (tertiary/aromatic N) is 2. The van der Waals surface area contributed by atoms with Crippen LogP contribution in [0.2, 0.25) is 0 Å². The molecule has 0 fully saturated rings. The molecule has 1 N–H and O–H groups in total. The minimum Gasteiger partial charge on any atom is -0.503 e. The molecule has 3 aromatic rings. The van der Waals surface area contributed by atoms with Crippen molar-refractivity contribution in [2.24, 2.45) is 4.99 Å². The smallest absolute Gasteiger partial charge is 0.338 e. The van der Waals surface area contributed by atoms with Gasteiger partial charge in [0.1, 0.15) is 5.82 Å². The summed E-state index contributed by atoms with van der Waals surface area (Å²) in [7, 11) is 1.43. The maximum absolute atomic E-state index is 13.6. The zero-order valence-electron chi connectivity index (χ0n) is 18.5. The second-order valence-corrected chi connectivity index (χ2v) is 9.27. The number of aromatic hydroxyl groups is 1. The van der Waals surface area contributed by atoms with Gasteiger partial charge in [0.25, 0.3) is 5.56 Å². The number of esters is 1. The molecule has 1 aliphatic rings. The van der Waals surface area contributed by atoms with Crippen LogP contribution in [0, 0.1) is 5.82 Å². The number of methoxy groups -OCH3 is 1. The number of aromatic nitrogens is 1. The van der Waals surface area contributed by atoms with E-state index in [-0.39, 0.29) is 29.2 Å². The first kappa shape index (κ1) is 23.9. The normalized spacial score (nSPS) is 15.7. The fourth-order valence-electron chi connectivity index (χ4n) is 3.74. The van der Waals surface area contributed by atoms with Crippen LogP contribution in [-0.4, -0.2) is 29.4 Å². The quantitative estimate of drug-likeness (QED) is 0.495. The summed E-state index contributed by atoms with van der Waals surface area (Å²) in [6.07, 6.45) is 1.65. The molecule has 1 atom stereocenters. The van der Waals surface area contributed by atoms with E-state index in [2.05, 4.69) is 20.9 Å². The molecule has 176 valence electrons. The van der Waals surface area contributed by atoms with E-state index in [0.29, 0.717) is 30.6 Å². The summed E-state index contributed by atoms with van der Waals surface area (Å²) in [6, 6.07) is 8.08. The molecule has 2 heterocycles. The first-order valence-corrected chi connectivity index (χ1v) is 11.9. The summed E-state index contributed by atoms with van der Waals surface area (Å²) in [5.74, 6) is -0.814. The van der Waals surface area contributed by atoms with Crippen LogP contribution in [0.1, 0.15) is 31.0 Å². The van der Waals surface area contributed by atoms with Crippen molar-refractivity contribution >= 4 is 39.3 Å². The minimum absolute atomic E-state index is 0.0490. The lowest BCUT2D eigenvalue weighted by Crippen LogP contribution is -2.39. The molecule has 0 aliphatic carbocycles. The zero-order valence-corrected chi connectivity index (χ0v) is 20.9. The maximum Gasteiger partial charge on any atom is 0.338 e. The highest BCUT2D eigenvalue weighted by molar-refractivity contribution is 9.10. The molecule has 1 aliphatic heterocycles. The standard InChI is InChI=1S/C24H20BrFN2O5S/c1-4-33-23(31)19-12(2)27-24-28(20(19)14-5-7-15(26)8-6-14)22(30)18(34-24)11-13-9-16(25)21(29)17(10-13)32-3/h5-11,20,29H,4H2,1-3H3/b18-11-/t20-/m1/s1. The van der Waals surface area contributed by atoms with Gasteiger partial charge < -0.3 is 14.6 Å². The van der Waals surface area contributed by atoms with Crippen LogP contribution in [0.4, 0.5) is 4.39 Å². The molecule has 0 bridgehead atoms. The van der Waals surface area contributed by atoms with Crippen molar-refractivity contribution in [3.63, 3.8) is 0 Å². The molecule has 10 heteroatoms. The van der Waals surface area contributed by atoms with Gasteiger partial charge in [-0.25, -0.2) is 14.2 Å². The zero-order chi connectivity index (χ0) is 24.6. The van der Waals surface area contributed by atoms with Crippen LogP contribution >= 0.6 is 27.3 Å². The number of carbonyl (C=O) groups excluding carboxylic acids is 1. The Hall–Kier alpha value is -3.24. The summed E-state index contributed by atoms with van der Waals surface area (Å²) in [5, 5.41) is 10.1. The number of hydrogen-bond donors (Lipinski definition) is 1. The Bertz CT molecular complexity index is 1490. The van der Waals surface area contributed by atoms with Gasteiger partial charge in [-0.05, 0) is 71.2 Å². The van der Waals surface area contributed by atoms with Gasteiger partial charge in [0.05, 0.1) is 40.0 Å². The summed E-state index contributed by atoms with van der Waals surface area (Å²) in [4.78, 5) is 31.3. The number of carbonyl (C=O) groups is 1. The molecule has 0 amide bonds. The number of benzene rings is 2. The molecule has 0 saturated carbocycles. The van der Waals surface area contributed by atoms with Gasteiger partial charge in [0, 0.05) is 0 Å². The second kappa shape index (κ2) is 9.55. The van der Waals surface area contributed by atoms with Gasteiger partial charge in [-0.15, -0.1) is 0 Å². The highest BCUT2D eigenvalue weighted by atomic mass is 79.9. The minimum atomic E-state index is -0.820. The SMILES string of the molecule is CCOC(=O)C1=C(C)N=c2s/c(=C\c3cc(Br)c(O)c(OC)c3)c(=O)n2[C@@H]1c1ccc(F)cc1. The van der Waals surface area contributed by atoms with Gasteiger partial charge in [-0.3, -0.25) is 9.36 Å². The third-order valence-corrected chi connectivity index (χ3v) is 6.86.